The molecule has 20 heavy (non-hydrogen) atoms. The van der Waals surface area contributed by atoms with Crippen molar-refractivity contribution in [3.8, 4) is 0 Å². The molecule has 1 aromatic carbocycles. The van der Waals surface area contributed by atoms with E-state index in [1.54, 1.807) is 0 Å². The monoisotopic (exact) mass is 339 g/mol. The summed E-state index contributed by atoms with van der Waals surface area (Å²) in [5, 5.41) is 3.32. The topological polar surface area (TPSA) is 21.3 Å². The van der Waals surface area contributed by atoms with Gasteiger partial charge in [0, 0.05) is 11.0 Å². The summed E-state index contributed by atoms with van der Waals surface area (Å²) in [5.74, 6) is 0.899. The molecule has 1 N–H and O–H groups in total. The van der Waals surface area contributed by atoms with Crippen LogP contribution in [0.15, 0.2) is 28.7 Å². The normalized spacial score (nSPS) is 26.6. The molecule has 2 rings (SSSR count). The maximum Gasteiger partial charge on any atom is 0.0810 e. The molecule has 1 aliphatic rings. The second-order valence-corrected chi connectivity index (χ2v) is 6.90. The van der Waals surface area contributed by atoms with E-state index >= 15 is 0 Å². The molecule has 0 heterocycles. The van der Waals surface area contributed by atoms with Crippen molar-refractivity contribution in [3.05, 3.63) is 34.3 Å². The Kier molecular flexibility index (Phi) is 6.06. The Morgan fingerprint density at radius 3 is 2.45 bits per heavy atom. The van der Waals surface area contributed by atoms with Crippen LogP contribution in [-0.2, 0) is 11.3 Å². The lowest BCUT2D eigenvalue weighted by Crippen LogP contribution is -2.45. The zero-order chi connectivity index (χ0) is 14.4. The van der Waals surface area contributed by atoms with Gasteiger partial charge in [0.2, 0.25) is 0 Å². The SMILES string of the molecule is CCC1CCC(CNC)(OCc2ccc(Br)cc2)CC1. The smallest absolute Gasteiger partial charge is 0.0810 e. The largest absolute Gasteiger partial charge is 0.369 e. The van der Waals surface area contributed by atoms with E-state index in [4.69, 9.17) is 4.74 Å². The van der Waals surface area contributed by atoms with Gasteiger partial charge in [-0.1, -0.05) is 41.4 Å². The van der Waals surface area contributed by atoms with Gasteiger partial charge in [-0.15, -0.1) is 0 Å². The third-order valence-corrected chi connectivity index (χ3v) is 5.08. The molecule has 1 aliphatic carbocycles. The predicted octanol–water partition coefficient (Wildman–Crippen LogP) is 4.52. The number of benzene rings is 1. The molecule has 1 aromatic rings. The first-order chi connectivity index (χ1) is 9.67. The van der Waals surface area contributed by atoms with E-state index in [1.807, 2.05) is 7.05 Å². The van der Waals surface area contributed by atoms with Gasteiger partial charge in [-0.05, 0) is 56.3 Å². The van der Waals surface area contributed by atoms with Crippen molar-refractivity contribution in [1.29, 1.82) is 0 Å². The minimum Gasteiger partial charge on any atom is -0.369 e. The first-order valence-corrected chi connectivity index (χ1v) is 8.50. The molecule has 0 radical (unpaired) electrons. The predicted molar refractivity (Wildman–Crippen MR) is 87.8 cm³/mol. The first-order valence-electron chi connectivity index (χ1n) is 7.70. The highest BCUT2D eigenvalue weighted by molar-refractivity contribution is 9.10. The van der Waals surface area contributed by atoms with Crippen LogP contribution in [0.25, 0.3) is 0 Å². The van der Waals surface area contributed by atoms with E-state index in [2.05, 4.69) is 52.4 Å². The fourth-order valence-electron chi connectivity index (χ4n) is 3.12. The summed E-state index contributed by atoms with van der Waals surface area (Å²) in [4.78, 5) is 0. The van der Waals surface area contributed by atoms with Crippen LogP contribution in [0.4, 0.5) is 0 Å². The molecule has 0 spiro atoms. The Balaban J connectivity index is 1.93. The molecule has 3 heteroatoms. The molecular weight excluding hydrogens is 314 g/mol. The summed E-state index contributed by atoms with van der Waals surface area (Å²) >= 11 is 3.47. The average Bonchev–Trinajstić information content (AvgIpc) is 2.48. The molecule has 0 aliphatic heterocycles. The van der Waals surface area contributed by atoms with Crippen molar-refractivity contribution < 1.29 is 4.74 Å². The van der Waals surface area contributed by atoms with Crippen LogP contribution in [0, 0.1) is 5.92 Å². The number of hydrogen-bond donors (Lipinski definition) is 1. The van der Waals surface area contributed by atoms with Gasteiger partial charge in [-0.25, -0.2) is 0 Å². The molecule has 0 aromatic heterocycles. The van der Waals surface area contributed by atoms with Crippen LogP contribution in [0.1, 0.15) is 44.6 Å². The van der Waals surface area contributed by atoms with Crippen molar-refractivity contribution in [2.75, 3.05) is 13.6 Å². The zero-order valence-corrected chi connectivity index (χ0v) is 14.2. The quantitative estimate of drug-likeness (QED) is 0.822. The lowest BCUT2D eigenvalue weighted by atomic mass is 9.77. The Hall–Kier alpha value is -0.380. The van der Waals surface area contributed by atoms with E-state index in [9.17, 15) is 0 Å². The highest BCUT2D eigenvalue weighted by Gasteiger charge is 2.35. The fraction of sp³-hybridized carbons (Fsp3) is 0.647. The molecule has 1 fully saturated rings. The zero-order valence-electron chi connectivity index (χ0n) is 12.6. The maximum absolute atomic E-state index is 6.35. The van der Waals surface area contributed by atoms with Gasteiger partial charge in [0.1, 0.15) is 0 Å². The molecule has 2 nitrogen and oxygen atoms in total. The van der Waals surface area contributed by atoms with Gasteiger partial charge in [-0.3, -0.25) is 0 Å². The van der Waals surface area contributed by atoms with E-state index in [0.29, 0.717) is 6.61 Å². The highest BCUT2D eigenvalue weighted by atomic mass is 79.9. The number of nitrogens with one attached hydrogen (secondary N) is 1. The number of hydrogen-bond acceptors (Lipinski definition) is 2. The van der Waals surface area contributed by atoms with Gasteiger partial charge in [-0.2, -0.15) is 0 Å². The van der Waals surface area contributed by atoms with Crippen molar-refractivity contribution >= 4 is 15.9 Å². The maximum atomic E-state index is 6.35. The summed E-state index contributed by atoms with van der Waals surface area (Å²) < 4.78 is 7.47. The Morgan fingerprint density at radius 1 is 1.25 bits per heavy atom. The summed E-state index contributed by atoms with van der Waals surface area (Å²) in [6.07, 6.45) is 6.28. The molecule has 0 atom stereocenters. The molecular formula is C17H26BrNO. The Morgan fingerprint density at radius 2 is 1.90 bits per heavy atom. The molecule has 0 unspecified atom stereocenters. The third-order valence-electron chi connectivity index (χ3n) is 4.55. The third kappa shape index (κ3) is 4.31. The Bertz CT molecular complexity index is 396. The molecule has 112 valence electrons. The lowest BCUT2D eigenvalue weighted by Gasteiger charge is -2.40. The fourth-order valence-corrected chi connectivity index (χ4v) is 3.39. The minimum absolute atomic E-state index is 0.0352. The summed E-state index contributed by atoms with van der Waals surface area (Å²) in [7, 11) is 2.02. The van der Waals surface area contributed by atoms with Crippen LogP contribution >= 0.6 is 15.9 Å². The highest BCUT2D eigenvalue weighted by Crippen LogP contribution is 2.36. The summed E-state index contributed by atoms with van der Waals surface area (Å²) in [5.41, 5.74) is 1.29. The van der Waals surface area contributed by atoms with Gasteiger partial charge < -0.3 is 10.1 Å². The molecule has 0 amide bonds. The van der Waals surface area contributed by atoms with Crippen LogP contribution in [0.3, 0.4) is 0 Å². The number of halogens is 1. The van der Waals surface area contributed by atoms with E-state index in [-0.39, 0.29) is 5.60 Å². The average molecular weight is 340 g/mol. The van der Waals surface area contributed by atoms with E-state index in [0.717, 1.165) is 16.9 Å². The number of likely N-dealkylation sites (N-methyl/N-ethyl adjacent to an activating group) is 1. The summed E-state index contributed by atoms with van der Waals surface area (Å²) in [6.45, 7) is 3.98. The second-order valence-electron chi connectivity index (χ2n) is 5.98. The van der Waals surface area contributed by atoms with Gasteiger partial charge in [0.05, 0.1) is 12.2 Å². The standard InChI is InChI=1S/C17H26BrNO/c1-3-14-8-10-17(11-9-14,13-19-2)20-12-15-4-6-16(18)7-5-15/h4-7,14,19H,3,8-13H2,1-2H3. The molecule has 0 saturated heterocycles. The van der Waals surface area contributed by atoms with Crippen LogP contribution in [0.2, 0.25) is 0 Å². The van der Waals surface area contributed by atoms with Gasteiger partial charge in [0.15, 0.2) is 0 Å². The van der Waals surface area contributed by atoms with Crippen molar-refractivity contribution in [1.82, 2.24) is 5.32 Å². The van der Waals surface area contributed by atoms with Gasteiger partial charge in [0.25, 0.3) is 0 Å². The molecule has 0 bridgehead atoms. The van der Waals surface area contributed by atoms with Crippen molar-refractivity contribution in [3.63, 3.8) is 0 Å². The van der Waals surface area contributed by atoms with Crippen LogP contribution < -0.4 is 5.32 Å². The van der Waals surface area contributed by atoms with E-state index in [1.165, 1.54) is 37.7 Å². The first kappa shape index (κ1) is 16.0. The summed E-state index contributed by atoms with van der Waals surface area (Å²) in [6, 6.07) is 8.43. The molecule has 1 saturated carbocycles. The van der Waals surface area contributed by atoms with Crippen molar-refractivity contribution in [2.24, 2.45) is 5.92 Å². The lowest BCUT2D eigenvalue weighted by molar-refractivity contribution is -0.0853. The van der Waals surface area contributed by atoms with E-state index < -0.39 is 0 Å². The van der Waals surface area contributed by atoms with Crippen LogP contribution in [-0.4, -0.2) is 19.2 Å². The van der Waals surface area contributed by atoms with Crippen LogP contribution in [0.5, 0.6) is 0 Å². The van der Waals surface area contributed by atoms with Crippen molar-refractivity contribution in [2.45, 2.75) is 51.2 Å². The number of rotatable bonds is 6. The second kappa shape index (κ2) is 7.58. The number of ether oxygens (including phenoxy) is 1. The Labute approximate surface area is 131 Å². The minimum atomic E-state index is 0.0352. The van der Waals surface area contributed by atoms with Gasteiger partial charge >= 0.3 is 0 Å².